The number of rotatable bonds is 5. The summed E-state index contributed by atoms with van der Waals surface area (Å²) in [4.78, 5) is 50.4. The van der Waals surface area contributed by atoms with E-state index >= 15 is 0 Å². The van der Waals surface area contributed by atoms with E-state index in [1.165, 1.54) is 29.2 Å². The van der Waals surface area contributed by atoms with Gasteiger partial charge in [-0.3, -0.25) is 14.5 Å². The molecule has 0 aliphatic carbocycles. The molecular weight excluding hydrogens is 455 g/mol. The predicted octanol–water partition coefficient (Wildman–Crippen LogP) is -4.83. The fourth-order valence-corrected chi connectivity index (χ4v) is 4.77. The number of aliphatic carboxylic acids is 1. The zero-order valence-electron chi connectivity index (χ0n) is 17.1. The van der Waals surface area contributed by atoms with Crippen LogP contribution in [0.1, 0.15) is 16.8 Å². The van der Waals surface area contributed by atoms with Gasteiger partial charge in [0.25, 0.3) is 5.91 Å². The molecule has 3 atom stereocenters. The Labute approximate surface area is 204 Å². The van der Waals surface area contributed by atoms with E-state index in [1.54, 1.807) is 0 Å². The van der Waals surface area contributed by atoms with Crippen molar-refractivity contribution in [1.29, 1.82) is 0 Å². The molecule has 3 aliphatic rings. The van der Waals surface area contributed by atoms with Crippen LogP contribution in [0.15, 0.2) is 35.7 Å². The Balaban J connectivity index is 0.00000289. The summed E-state index contributed by atoms with van der Waals surface area (Å²) in [6, 6.07) is 3.49. The minimum Gasteiger partial charge on any atom is -0.543 e. The van der Waals surface area contributed by atoms with E-state index in [9.17, 15) is 32.7 Å². The topological polar surface area (TPSA) is 179 Å². The number of hydrogen-bond acceptors (Lipinski definition) is 8. The second kappa shape index (κ2) is 8.39. The minimum atomic E-state index is -4.04. The summed E-state index contributed by atoms with van der Waals surface area (Å²) < 4.78 is 28.1. The summed E-state index contributed by atoms with van der Waals surface area (Å²) in [5.74, 6) is -4.05. The number of carbonyl (C=O) groups is 4. The summed E-state index contributed by atoms with van der Waals surface area (Å²) in [6.07, 6.45) is 0.953. The summed E-state index contributed by atoms with van der Waals surface area (Å²) in [5.41, 5.74) is 5.18. The molecule has 4 amide bonds. The predicted molar refractivity (Wildman–Crippen MR) is 101 cm³/mol. The maximum absolute atomic E-state index is 12.8. The molecule has 1 unspecified atom stereocenters. The first-order valence-electron chi connectivity index (χ1n) is 9.15. The average Bonchev–Trinajstić information content (AvgIpc) is 2.98. The van der Waals surface area contributed by atoms with Crippen LogP contribution >= 0.6 is 0 Å². The van der Waals surface area contributed by atoms with Crippen molar-refractivity contribution in [3.8, 4) is 0 Å². The Morgan fingerprint density at radius 2 is 1.84 bits per heavy atom. The summed E-state index contributed by atoms with van der Waals surface area (Å²) in [7, 11) is -4.04. The number of nitrogens with two attached hydrogens (primary N) is 1. The SMILES string of the molecule is CS(=O)(=O)OC1=C(C(=O)[O-])N2C(=O)[C@@H]3[C@H]2C1CCN3C(=O)Nc1ccc(C(N)=O)cc1.[Na+]. The Kier molecular flexibility index (Phi) is 6.30. The summed E-state index contributed by atoms with van der Waals surface area (Å²) >= 11 is 0. The summed E-state index contributed by atoms with van der Waals surface area (Å²) in [5, 5.41) is 14.2. The van der Waals surface area contributed by atoms with Crippen LogP contribution < -0.4 is 45.7 Å². The van der Waals surface area contributed by atoms with Crippen LogP contribution in [0.25, 0.3) is 0 Å². The van der Waals surface area contributed by atoms with Crippen LogP contribution in [-0.4, -0.2) is 66.9 Å². The van der Waals surface area contributed by atoms with E-state index in [0.29, 0.717) is 5.69 Å². The third kappa shape index (κ3) is 3.96. The van der Waals surface area contributed by atoms with Crippen LogP contribution in [0.2, 0.25) is 0 Å². The van der Waals surface area contributed by atoms with E-state index < -0.39 is 57.6 Å². The molecule has 14 heteroatoms. The van der Waals surface area contributed by atoms with Gasteiger partial charge in [-0.1, -0.05) is 0 Å². The van der Waals surface area contributed by atoms with Crippen molar-refractivity contribution in [2.75, 3.05) is 18.1 Å². The standard InChI is InChI=1S/C18H18N4O8S.Na/c1-31(28,29)30-14-10-6-7-21(12-11(10)22(16(12)24)13(14)17(25)26)18(27)20-9-4-2-8(3-5-9)15(19)23;/h2-5,10-12H,6-7H2,1H3,(H2,19,23)(H,20,27)(H,25,26);/q;+1/p-1/t10?,11-,12+;/m1./s1. The molecule has 12 nitrogen and oxygen atoms in total. The molecule has 0 radical (unpaired) electrons. The second-order valence-corrected chi connectivity index (χ2v) is 8.97. The van der Waals surface area contributed by atoms with Crippen molar-refractivity contribution in [1.82, 2.24) is 9.80 Å². The van der Waals surface area contributed by atoms with Gasteiger partial charge in [-0.2, -0.15) is 8.42 Å². The van der Waals surface area contributed by atoms with E-state index in [0.717, 1.165) is 11.2 Å². The maximum Gasteiger partial charge on any atom is 1.00 e. The fraction of sp³-hybridized carbons (Fsp3) is 0.333. The van der Waals surface area contributed by atoms with Crippen molar-refractivity contribution < 1.29 is 66.4 Å². The van der Waals surface area contributed by atoms with Gasteiger partial charge in [0.2, 0.25) is 5.91 Å². The van der Waals surface area contributed by atoms with Gasteiger partial charge in [-0.25, -0.2) is 4.79 Å². The van der Waals surface area contributed by atoms with Gasteiger partial charge in [-0.05, 0) is 30.7 Å². The fourth-order valence-electron chi connectivity index (χ4n) is 4.24. The molecule has 0 bridgehead atoms. The van der Waals surface area contributed by atoms with Crippen LogP contribution in [-0.2, 0) is 23.9 Å². The molecule has 0 aromatic heterocycles. The van der Waals surface area contributed by atoms with Crippen molar-refractivity contribution in [3.63, 3.8) is 0 Å². The van der Waals surface area contributed by atoms with Crippen LogP contribution in [0.3, 0.4) is 0 Å². The number of likely N-dealkylation sites (tertiary alicyclic amines) is 1. The van der Waals surface area contributed by atoms with Gasteiger partial charge in [-0.15, -0.1) is 0 Å². The van der Waals surface area contributed by atoms with Crippen molar-refractivity contribution in [2.45, 2.75) is 18.5 Å². The number of nitrogens with one attached hydrogen (secondary N) is 1. The van der Waals surface area contributed by atoms with E-state index in [4.69, 9.17) is 9.92 Å². The average molecular weight is 472 g/mol. The molecule has 2 fully saturated rings. The van der Waals surface area contributed by atoms with Crippen molar-refractivity contribution in [3.05, 3.63) is 41.3 Å². The molecule has 2 saturated heterocycles. The van der Waals surface area contributed by atoms with E-state index in [2.05, 4.69) is 5.32 Å². The van der Waals surface area contributed by atoms with E-state index in [-0.39, 0.29) is 53.8 Å². The van der Waals surface area contributed by atoms with Crippen LogP contribution in [0, 0.1) is 5.92 Å². The number of urea groups is 1. The second-order valence-electron chi connectivity index (χ2n) is 7.39. The van der Waals surface area contributed by atoms with Gasteiger partial charge in [0.05, 0.1) is 18.3 Å². The number of carboxylic acid groups (broad SMARTS) is 1. The monoisotopic (exact) mass is 472 g/mol. The third-order valence-corrected chi connectivity index (χ3v) is 5.95. The molecule has 0 saturated carbocycles. The molecule has 4 rings (SSSR count). The third-order valence-electron chi connectivity index (χ3n) is 5.47. The number of benzene rings is 1. The molecule has 3 heterocycles. The van der Waals surface area contributed by atoms with Gasteiger partial charge < -0.3 is 30.0 Å². The number of β-lactam (4-membered cyclic amide) rings is 1. The smallest absolute Gasteiger partial charge is 0.543 e. The van der Waals surface area contributed by atoms with Crippen molar-refractivity contribution in [2.24, 2.45) is 11.7 Å². The quantitative estimate of drug-likeness (QED) is 0.243. The van der Waals surface area contributed by atoms with Gasteiger partial charge in [0.15, 0.2) is 5.76 Å². The van der Waals surface area contributed by atoms with Crippen molar-refractivity contribution >= 4 is 39.6 Å². The Morgan fingerprint density at radius 1 is 1.22 bits per heavy atom. The van der Waals surface area contributed by atoms with Gasteiger partial charge >= 0.3 is 45.7 Å². The Bertz CT molecular complexity index is 1150. The number of hydrogen-bond donors (Lipinski definition) is 2. The maximum atomic E-state index is 12.8. The largest absolute Gasteiger partial charge is 1.00 e. The molecule has 1 aromatic rings. The number of piperidine rings is 1. The summed E-state index contributed by atoms with van der Waals surface area (Å²) in [6.45, 7) is 0.0631. The first kappa shape index (κ1) is 24.0. The molecule has 3 N–H and O–H groups in total. The Morgan fingerprint density at radius 3 is 2.38 bits per heavy atom. The Hall–Kier alpha value is -2.61. The van der Waals surface area contributed by atoms with Gasteiger partial charge in [0.1, 0.15) is 11.7 Å². The van der Waals surface area contributed by atoms with E-state index in [1.807, 2.05) is 0 Å². The number of nitrogens with zero attached hydrogens (tertiary/aromatic N) is 2. The number of amides is 4. The van der Waals surface area contributed by atoms with Crippen LogP contribution in [0.4, 0.5) is 10.5 Å². The number of anilines is 1. The minimum absolute atomic E-state index is 0. The normalized spacial score (nSPS) is 23.7. The molecule has 32 heavy (non-hydrogen) atoms. The molecule has 0 spiro atoms. The van der Waals surface area contributed by atoms with Gasteiger partial charge in [0, 0.05) is 23.7 Å². The van der Waals surface area contributed by atoms with Crippen LogP contribution in [0.5, 0.6) is 0 Å². The molecule has 164 valence electrons. The molecule has 1 aromatic carbocycles. The number of primary amides is 1. The molecule has 3 aliphatic heterocycles. The zero-order valence-corrected chi connectivity index (χ0v) is 19.9. The molecular formula is C18H17N4NaO8S. The first-order chi connectivity index (χ1) is 14.5. The zero-order chi connectivity index (χ0) is 22.7. The first-order valence-corrected chi connectivity index (χ1v) is 11.0. The number of carboxylic acids is 1. The number of carbonyl (C=O) groups excluding carboxylic acids is 4.